The number of fused-ring (bicyclic) bond motifs is 1. The van der Waals surface area contributed by atoms with Gasteiger partial charge in [0, 0.05) is 12.5 Å². The van der Waals surface area contributed by atoms with Gasteiger partial charge in [0.15, 0.2) is 17.3 Å². The molecule has 0 radical (unpaired) electrons. The summed E-state index contributed by atoms with van der Waals surface area (Å²) in [5, 5.41) is 3.49. The van der Waals surface area contributed by atoms with Crippen molar-refractivity contribution in [1.29, 1.82) is 0 Å². The van der Waals surface area contributed by atoms with E-state index in [4.69, 9.17) is 9.47 Å². The fraction of sp³-hybridized carbons (Fsp3) is 0.400. The van der Waals surface area contributed by atoms with Crippen molar-refractivity contribution >= 4 is 23.5 Å². The molecule has 28 heavy (non-hydrogen) atoms. The highest BCUT2D eigenvalue weighted by Gasteiger charge is 2.29. The Balaban J connectivity index is 1.38. The summed E-state index contributed by atoms with van der Waals surface area (Å²) in [6.07, 6.45) is 2.16. The lowest BCUT2D eigenvalue weighted by Gasteiger charge is -2.11. The molecular formula is C20H21N3O4S. The lowest BCUT2D eigenvalue weighted by molar-refractivity contribution is -0.118. The summed E-state index contributed by atoms with van der Waals surface area (Å²) >= 11 is 1.28. The van der Waals surface area contributed by atoms with Crippen LogP contribution >= 0.6 is 11.8 Å². The van der Waals surface area contributed by atoms with E-state index in [-0.39, 0.29) is 24.2 Å². The number of aromatic nitrogens is 2. The van der Waals surface area contributed by atoms with E-state index in [2.05, 4.69) is 15.3 Å². The average molecular weight is 399 g/mol. The minimum atomic E-state index is -0.124. The highest BCUT2D eigenvalue weighted by Crippen LogP contribution is 2.39. The van der Waals surface area contributed by atoms with Crippen LogP contribution in [0.3, 0.4) is 0 Å². The van der Waals surface area contributed by atoms with Crippen LogP contribution in [0.5, 0.6) is 11.5 Å². The Hall–Kier alpha value is -2.61. The number of hydrogen-bond donors (Lipinski definition) is 1. The van der Waals surface area contributed by atoms with Gasteiger partial charge < -0.3 is 14.8 Å². The summed E-state index contributed by atoms with van der Waals surface area (Å²) in [6, 6.07) is 5.59. The van der Waals surface area contributed by atoms with E-state index < -0.39 is 0 Å². The third kappa shape index (κ3) is 4.11. The molecule has 1 N–H and O–H groups in total. The first-order valence-electron chi connectivity index (χ1n) is 9.18. The molecule has 2 aliphatic rings. The highest BCUT2D eigenvalue weighted by molar-refractivity contribution is 8.00. The number of ketones is 1. The summed E-state index contributed by atoms with van der Waals surface area (Å²) in [6.45, 7) is 3.95. The van der Waals surface area contributed by atoms with E-state index in [9.17, 15) is 9.59 Å². The number of nitrogens with zero attached hydrogens (tertiary/aromatic N) is 2. The number of carbonyl (C=O) groups excluding carboxylic acids is 2. The van der Waals surface area contributed by atoms with E-state index in [1.165, 1.54) is 18.7 Å². The summed E-state index contributed by atoms with van der Waals surface area (Å²) in [7, 11) is 0. The van der Waals surface area contributed by atoms with Crippen molar-refractivity contribution in [3.63, 3.8) is 0 Å². The summed E-state index contributed by atoms with van der Waals surface area (Å²) in [5.74, 6) is 2.56. The minimum Gasteiger partial charge on any atom is -0.454 e. The molecule has 0 saturated heterocycles. The number of thioether (sulfide) groups is 1. The predicted molar refractivity (Wildman–Crippen MR) is 104 cm³/mol. The van der Waals surface area contributed by atoms with Crippen molar-refractivity contribution in [1.82, 2.24) is 15.3 Å². The van der Waals surface area contributed by atoms with Gasteiger partial charge in [-0.15, -0.1) is 0 Å². The first-order valence-corrected chi connectivity index (χ1v) is 10.2. The molecule has 1 aromatic heterocycles. The van der Waals surface area contributed by atoms with Gasteiger partial charge in [0.2, 0.25) is 12.7 Å². The van der Waals surface area contributed by atoms with Crippen molar-refractivity contribution in [3.05, 3.63) is 40.8 Å². The zero-order valence-corrected chi connectivity index (χ0v) is 16.6. The number of amides is 1. The number of ether oxygens (including phenoxy) is 2. The molecule has 1 aliphatic carbocycles. The zero-order chi connectivity index (χ0) is 19.7. The van der Waals surface area contributed by atoms with Gasteiger partial charge in [0.1, 0.15) is 10.9 Å². The van der Waals surface area contributed by atoms with E-state index in [0.717, 1.165) is 24.2 Å². The third-order valence-electron chi connectivity index (χ3n) is 4.64. The molecule has 8 heteroatoms. The average Bonchev–Trinajstić information content (AvgIpc) is 3.41. The minimum absolute atomic E-state index is 0.0804. The van der Waals surface area contributed by atoms with Crippen LogP contribution in [0.2, 0.25) is 0 Å². The maximum atomic E-state index is 12.3. The van der Waals surface area contributed by atoms with Gasteiger partial charge in [-0.3, -0.25) is 9.59 Å². The molecule has 0 unspecified atom stereocenters. The second-order valence-corrected chi connectivity index (χ2v) is 7.89. The van der Waals surface area contributed by atoms with Crippen LogP contribution in [0.25, 0.3) is 0 Å². The normalized spacial score (nSPS) is 14.8. The van der Waals surface area contributed by atoms with Crippen LogP contribution in [0.15, 0.2) is 23.2 Å². The number of carbonyl (C=O) groups is 2. The predicted octanol–water partition coefficient (Wildman–Crippen LogP) is 3.00. The molecule has 0 atom stereocenters. The second-order valence-electron chi connectivity index (χ2n) is 6.93. The Bertz CT molecular complexity index is 943. The van der Waals surface area contributed by atoms with Crippen LogP contribution in [-0.4, -0.2) is 34.2 Å². The number of benzene rings is 1. The maximum absolute atomic E-state index is 12.3. The molecule has 1 aliphatic heterocycles. The van der Waals surface area contributed by atoms with Crippen molar-refractivity contribution in [3.8, 4) is 11.5 Å². The standard InChI is InChI=1S/C20H21N3O4S/c1-11-18(12(2)24)20(23-19(22-11)14-4-5-14)28-9-17(25)21-8-13-3-6-15-16(7-13)27-10-26-15/h3,6-7,14H,4-5,8-10H2,1-2H3,(H,21,25). The smallest absolute Gasteiger partial charge is 0.231 e. The first-order chi connectivity index (χ1) is 13.5. The molecule has 146 valence electrons. The maximum Gasteiger partial charge on any atom is 0.231 e. The highest BCUT2D eigenvalue weighted by atomic mass is 32.2. The zero-order valence-electron chi connectivity index (χ0n) is 15.8. The van der Waals surface area contributed by atoms with Gasteiger partial charge in [-0.05, 0) is 44.4 Å². The number of Topliss-reactive ketones (excluding diaryl/α,β-unsaturated/α-hetero) is 1. The second kappa shape index (κ2) is 7.79. The third-order valence-corrected chi connectivity index (χ3v) is 5.61. The molecule has 1 amide bonds. The van der Waals surface area contributed by atoms with Gasteiger partial charge in [-0.25, -0.2) is 9.97 Å². The van der Waals surface area contributed by atoms with Crippen LogP contribution in [0, 0.1) is 6.92 Å². The molecule has 1 fully saturated rings. The van der Waals surface area contributed by atoms with E-state index in [0.29, 0.717) is 40.2 Å². The molecule has 2 aromatic rings. The topological polar surface area (TPSA) is 90.4 Å². The fourth-order valence-corrected chi connectivity index (χ4v) is 4.00. The SMILES string of the molecule is CC(=O)c1c(C)nc(C2CC2)nc1SCC(=O)NCc1ccc2c(c1)OCO2. The molecule has 7 nitrogen and oxygen atoms in total. The number of nitrogens with one attached hydrogen (secondary N) is 1. The fourth-order valence-electron chi connectivity index (χ4n) is 3.04. The van der Waals surface area contributed by atoms with Crippen LogP contribution in [0.4, 0.5) is 0 Å². The number of aryl methyl sites for hydroxylation is 1. The Morgan fingerprint density at radius 3 is 2.75 bits per heavy atom. The lowest BCUT2D eigenvalue weighted by Crippen LogP contribution is -2.24. The van der Waals surface area contributed by atoms with E-state index in [1.54, 1.807) is 0 Å². The number of rotatable bonds is 7. The summed E-state index contributed by atoms with van der Waals surface area (Å²) in [5.41, 5.74) is 2.13. The van der Waals surface area contributed by atoms with E-state index in [1.807, 2.05) is 25.1 Å². The molecule has 1 aromatic carbocycles. The van der Waals surface area contributed by atoms with E-state index >= 15 is 0 Å². The lowest BCUT2D eigenvalue weighted by atomic mass is 10.2. The van der Waals surface area contributed by atoms with Gasteiger partial charge in [0.25, 0.3) is 0 Å². The number of hydrogen-bond acceptors (Lipinski definition) is 7. The van der Waals surface area contributed by atoms with Crippen LogP contribution < -0.4 is 14.8 Å². The molecule has 0 bridgehead atoms. The van der Waals surface area contributed by atoms with Gasteiger partial charge >= 0.3 is 0 Å². The first kappa shape index (κ1) is 18.7. The van der Waals surface area contributed by atoms with Gasteiger partial charge in [-0.2, -0.15) is 0 Å². The van der Waals surface area contributed by atoms with Crippen molar-refractivity contribution in [2.75, 3.05) is 12.5 Å². The van der Waals surface area contributed by atoms with Crippen LogP contribution in [-0.2, 0) is 11.3 Å². The molecule has 4 rings (SSSR count). The summed E-state index contributed by atoms with van der Waals surface area (Å²) < 4.78 is 10.6. The molecule has 1 saturated carbocycles. The monoisotopic (exact) mass is 399 g/mol. The summed E-state index contributed by atoms with van der Waals surface area (Å²) in [4.78, 5) is 33.4. The van der Waals surface area contributed by atoms with Crippen LogP contribution in [0.1, 0.15) is 53.1 Å². The van der Waals surface area contributed by atoms with Gasteiger partial charge in [-0.1, -0.05) is 17.8 Å². The van der Waals surface area contributed by atoms with Gasteiger partial charge in [0.05, 0.1) is 17.0 Å². The molecule has 0 spiro atoms. The Morgan fingerprint density at radius 1 is 1.21 bits per heavy atom. The van der Waals surface area contributed by atoms with Crippen molar-refractivity contribution in [2.24, 2.45) is 0 Å². The molecule has 2 heterocycles. The quantitative estimate of drug-likeness (QED) is 0.435. The largest absolute Gasteiger partial charge is 0.454 e. The Kier molecular flexibility index (Phi) is 5.21. The van der Waals surface area contributed by atoms with Crippen molar-refractivity contribution < 1.29 is 19.1 Å². The molecular weight excluding hydrogens is 378 g/mol. The Labute approximate surface area is 167 Å². The van der Waals surface area contributed by atoms with Crippen molar-refractivity contribution in [2.45, 2.75) is 44.2 Å². The Morgan fingerprint density at radius 2 is 2.00 bits per heavy atom.